The fourth-order valence-corrected chi connectivity index (χ4v) is 9.06. The quantitative estimate of drug-likeness (QED) is 0.0984. The summed E-state index contributed by atoms with van der Waals surface area (Å²) in [6.45, 7) is 4.62. The average Bonchev–Trinajstić information content (AvgIpc) is 3.67. The van der Waals surface area contributed by atoms with E-state index >= 15 is 0 Å². The highest BCUT2D eigenvalue weighted by atomic mass is 16.3. The van der Waals surface area contributed by atoms with Crippen LogP contribution in [0.2, 0.25) is 0 Å². The van der Waals surface area contributed by atoms with Gasteiger partial charge in [-0.05, 0) is 121 Å². The molecule has 1 aliphatic rings. The molecule has 274 valence electrons. The number of para-hydroxylation sites is 1. The maximum absolute atomic E-state index is 6.60. The molecule has 1 aliphatic carbocycles. The van der Waals surface area contributed by atoms with E-state index in [9.17, 15) is 0 Å². The fraction of sp³-hybridized carbons (Fsp3) is 0.0556. The molecule has 1 aromatic heterocycles. The van der Waals surface area contributed by atoms with Gasteiger partial charge in [-0.1, -0.05) is 146 Å². The van der Waals surface area contributed by atoms with Crippen molar-refractivity contribution >= 4 is 89.5 Å². The number of benzene rings is 9. The fourth-order valence-electron chi connectivity index (χ4n) is 9.06. The molecule has 10 aromatic rings. The Morgan fingerprint density at radius 3 is 2.05 bits per heavy atom. The summed E-state index contributed by atoms with van der Waals surface area (Å²) in [5.41, 5.74) is 9.34. The molecule has 0 saturated heterocycles. The van der Waals surface area contributed by atoms with Crippen molar-refractivity contribution < 1.29 is 4.42 Å². The Morgan fingerprint density at radius 1 is 0.552 bits per heavy atom. The van der Waals surface area contributed by atoms with Gasteiger partial charge in [-0.3, -0.25) is 4.99 Å². The van der Waals surface area contributed by atoms with Gasteiger partial charge in [-0.2, -0.15) is 0 Å². The Morgan fingerprint density at radius 2 is 1.22 bits per heavy atom. The molecule has 0 radical (unpaired) electrons. The van der Waals surface area contributed by atoms with Crippen molar-refractivity contribution in [1.82, 2.24) is 0 Å². The molecule has 4 heteroatoms. The smallest absolute Gasteiger partial charge is 0.161 e. The molecule has 0 spiro atoms. The Bertz CT molecular complexity index is 3390. The highest BCUT2D eigenvalue weighted by Crippen LogP contribution is 2.39. The van der Waals surface area contributed by atoms with E-state index in [2.05, 4.69) is 164 Å². The molecule has 58 heavy (non-hydrogen) atoms. The number of allylic oxidation sites excluding steroid dienone is 1. The summed E-state index contributed by atoms with van der Waals surface area (Å²) >= 11 is 0. The van der Waals surface area contributed by atoms with Gasteiger partial charge in [0.15, 0.2) is 11.7 Å². The second-order valence-corrected chi connectivity index (χ2v) is 15.0. The molecule has 0 unspecified atom stereocenters. The average molecular weight is 744 g/mol. The van der Waals surface area contributed by atoms with Gasteiger partial charge in [0.2, 0.25) is 0 Å². The maximum atomic E-state index is 6.60. The minimum absolute atomic E-state index is 0.464. The molecular formula is C54H37N3O. The van der Waals surface area contributed by atoms with Crippen LogP contribution < -0.4 is 0 Å². The predicted octanol–water partition coefficient (Wildman–Crippen LogP) is 13.9. The molecule has 4 nitrogen and oxygen atoms in total. The van der Waals surface area contributed by atoms with Gasteiger partial charge in [0.05, 0.1) is 6.54 Å². The molecule has 9 aromatic carbocycles. The van der Waals surface area contributed by atoms with Crippen LogP contribution in [0.1, 0.15) is 34.2 Å². The van der Waals surface area contributed by atoms with Gasteiger partial charge in [0.1, 0.15) is 11.2 Å². The van der Waals surface area contributed by atoms with Gasteiger partial charge >= 0.3 is 0 Å². The first kappa shape index (κ1) is 33.9. The van der Waals surface area contributed by atoms with Crippen LogP contribution in [0, 0.1) is 0 Å². The predicted molar refractivity (Wildman–Crippen MR) is 246 cm³/mol. The third-order valence-electron chi connectivity index (χ3n) is 11.7. The first-order valence-electron chi connectivity index (χ1n) is 19.9. The van der Waals surface area contributed by atoms with Gasteiger partial charge < -0.3 is 4.42 Å². The maximum Gasteiger partial charge on any atom is 0.161 e. The SMILES string of the molecule is C=NC(=NC(=NCc1cc2ccccc2c2c1CCC=C2)c1cc2ccccc2c2ccccc12)c1cc(-c2cccc3ccccc23)cc2oc3ccccc3c12. The minimum Gasteiger partial charge on any atom is -0.456 e. The first-order valence-corrected chi connectivity index (χ1v) is 19.9. The van der Waals surface area contributed by atoms with Crippen molar-refractivity contribution in [1.29, 1.82) is 0 Å². The third kappa shape index (κ3) is 5.64. The highest BCUT2D eigenvalue weighted by Gasteiger charge is 2.21. The van der Waals surface area contributed by atoms with E-state index < -0.39 is 0 Å². The summed E-state index contributed by atoms with van der Waals surface area (Å²) in [4.78, 5) is 15.7. The highest BCUT2D eigenvalue weighted by molar-refractivity contribution is 6.25. The van der Waals surface area contributed by atoms with Crippen LogP contribution in [0.4, 0.5) is 0 Å². The molecule has 0 aliphatic heterocycles. The lowest BCUT2D eigenvalue weighted by Crippen LogP contribution is -2.08. The lowest BCUT2D eigenvalue weighted by atomic mass is 9.88. The van der Waals surface area contributed by atoms with Gasteiger partial charge in [0, 0.05) is 21.9 Å². The minimum atomic E-state index is 0.464. The zero-order chi connectivity index (χ0) is 38.6. The topological polar surface area (TPSA) is 50.2 Å². The number of rotatable bonds is 5. The largest absolute Gasteiger partial charge is 0.456 e. The molecule has 0 saturated carbocycles. The standard InChI is InChI=1S/C54H37N3O/c1-55-53(49-31-37(42-27-14-18-34-15-2-5-19-39(34)42)32-51-52(49)47-26-12-13-28-50(47)58-51)57-54(48-30-36-17-4-7-21-41(36)45-24-10-11-25-46(45)48)56-33-38-29-35-16-3-6-20-40(35)44-23-9-8-22-43(38)44/h2-7,9-21,23-32H,1,8,22,33H2. The number of nitrogens with zero attached hydrogens (tertiary/aromatic N) is 3. The van der Waals surface area contributed by atoms with Crippen molar-refractivity contribution in [3.8, 4) is 11.1 Å². The van der Waals surface area contributed by atoms with Crippen LogP contribution in [-0.2, 0) is 13.0 Å². The summed E-state index contributed by atoms with van der Waals surface area (Å²) in [6.07, 6.45) is 6.56. The number of fused-ring (bicyclic) bond motifs is 10. The molecule has 11 rings (SSSR count). The number of aliphatic imine (C=N–C) groups is 3. The van der Waals surface area contributed by atoms with Crippen molar-refractivity contribution in [2.45, 2.75) is 19.4 Å². The van der Waals surface area contributed by atoms with Crippen LogP contribution in [-0.4, -0.2) is 18.4 Å². The summed E-state index contributed by atoms with van der Waals surface area (Å²) in [5, 5.41) is 11.3. The van der Waals surface area contributed by atoms with Crippen LogP contribution in [0.5, 0.6) is 0 Å². The van der Waals surface area contributed by atoms with Crippen molar-refractivity contribution in [2.75, 3.05) is 0 Å². The summed E-state index contributed by atoms with van der Waals surface area (Å²) in [7, 11) is 0. The van der Waals surface area contributed by atoms with Gasteiger partial charge in [0.25, 0.3) is 0 Å². The van der Waals surface area contributed by atoms with E-state index in [-0.39, 0.29) is 0 Å². The summed E-state index contributed by atoms with van der Waals surface area (Å²) in [5.74, 6) is 1.09. The van der Waals surface area contributed by atoms with E-state index in [1.807, 2.05) is 18.2 Å². The first-order chi connectivity index (χ1) is 28.7. The van der Waals surface area contributed by atoms with Crippen molar-refractivity contribution in [2.24, 2.45) is 15.0 Å². The second-order valence-electron chi connectivity index (χ2n) is 15.0. The molecule has 0 atom stereocenters. The second kappa shape index (κ2) is 13.9. The Balaban J connectivity index is 1.18. The zero-order valence-corrected chi connectivity index (χ0v) is 31.8. The van der Waals surface area contributed by atoms with Crippen molar-refractivity contribution in [3.05, 3.63) is 198 Å². The molecule has 0 fully saturated rings. The molecule has 1 heterocycles. The van der Waals surface area contributed by atoms with E-state index in [1.54, 1.807) is 0 Å². The summed E-state index contributed by atoms with van der Waals surface area (Å²) < 4.78 is 6.60. The lowest BCUT2D eigenvalue weighted by molar-refractivity contribution is 0.669. The molecular weight excluding hydrogens is 707 g/mol. The third-order valence-corrected chi connectivity index (χ3v) is 11.7. The van der Waals surface area contributed by atoms with Crippen LogP contribution in [0.3, 0.4) is 0 Å². The summed E-state index contributed by atoms with van der Waals surface area (Å²) in [6, 6.07) is 57.7. The van der Waals surface area contributed by atoms with Crippen LogP contribution in [0.15, 0.2) is 189 Å². The molecule has 0 bridgehead atoms. The number of hydrogen-bond donors (Lipinski definition) is 0. The Hall–Kier alpha value is -7.43. The number of hydrogen-bond acceptors (Lipinski definition) is 2. The molecule has 0 N–H and O–H groups in total. The van der Waals surface area contributed by atoms with E-state index in [1.165, 1.54) is 38.2 Å². The van der Waals surface area contributed by atoms with E-state index in [0.717, 1.165) is 78.6 Å². The number of amidine groups is 2. The van der Waals surface area contributed by atoms with Crippen molar-refractivity contribution in [3.63, 3.8) is 0 Å². The lowest BCUT2D eigenvalue weighted by Gasteiger charge is -2.18. The van der Waals surface area contributed by atoms with Crippen LogP contribution in [0.25, 0.3) is 82.2 Å². The van der Waals surface area contributed by atoms with Gasteiger partial charge in [-0.25, -0.2) is 9.98 Å². The Labute approximate surface area is 335 Å². The van der Waals surface area contributed by atoms with E-state index in [4.69, 9.17) is 19.4 Å². The zero-order valence-electron chi connectivity index (χ0n) is 31.8. The molecule has 0 amide bonds. The Kier molecular flexibility index (Phi) is 8.14. The van der Waals surface area contributed by atoms with E-state index in [0.29, 0.717) is 18.2 Å². The normalized spacial score (nSPS) is 13.3. The van der Waals surface area contributed by atoms with Crippen LogP contribution >= 0.6 is 0 Å². The monoisotopic (exact) mass is 743 g/mol. The number of furan rings is 1. The van der Waals surface area contributed by atoms with Gasteiger partial charge in [-0.15, -0.1) is 0 Å².